The van der Waals surface area contributed by atoms with Gasteiger partial charge in [-0.05, 0) is 23.6 Å². The van der Waals surface area contributed by atoms with Crippen molar-refractivity contribution in [3.63, 3.8) is 0 Å². The van der Waals surface area contributed by atoms with E-state index in [1.165, 1.54) is 5.56 Å². The van der Waals surface area contributed by atoms with E-state index in [0.717, 1.165) is 37.1 Å². The molecule has 0 unspecified atom stereocenters. The minimum absolute atomic E-state index is 0.0898. The molecule has 148 valence electrons. The lowest BCUT2D eigenvalue weighted by Crippen LogP contribution is -2.49. The fraction of sp³-hybridized carbons (Fsp3) is 0.304. The highest BCUT2D eigenvalue weighted by Crippen LogP contribution is 2.32. The van der Waals surface area contributed by atoms with Gasteiger partial charge in [0.2, 0.25) is 0 Å². The van der Waals surface area contributed by atoms with E-state index >= 15 is 0 Å². The minimum Gasteiger partial charge on any atom is -0.506 e. The van der Waals surface area contributed by atoms with Gasteiger partial charge >= 0.3 is 0 Å². The number of hydrogen-bond acceptors (Lipinski definition) is 4. The quantitative estimate of drug-likeness (QED) is 0.746. The Kier molecular flexibility index (Phi) is 4.36. The summed E-state index contributed by atoms with van der Waals surface area (Å²) in [6.07, 6.45) is 0.752. The summed E-state index contributed by atoms with van der Waals surface area (Å²) in [7, 11) is 0. The van der Waals surface area contributed by atoms with Crippen molar-refractivity contribution in [1.29, 1.82) is 0 Å². The summed E-state index contributed by atoms with van der Waals surface area (Å²) in [6.45, 7) is 3.98. The van der Waals surface area contributed by atoms with Crippen molar-refractivity contribution in [3.8, 4) is 5.75 Å². The first kappa shape index (κ1) is 17.9. The molecule has 0 bridgehead atoms. The van der Waals surface area contributed by atoms with Crippen molar-refractivity contribution in [2.24, 2.45) is 0 Å². The van der Waals surface area contributed by atoms with E-state index in [-0.39, 0.29) is 22.8 Å². The first-order chi connectivity index (χ1) is 14.1. The smallest absolute Gasteiger partial charge is 0.267 e. The zero-order chi connectivity index (χ0) is 20.0. The van der Waals surface area contributed by atoms with E-state index in [2.05, 4.69) is 17.0 Å². The van der Waals surface area contributed by atoms with Crippen molar-refractivity contribution >= 4 is 16.8 Å². The fourth-order valence-corrected chi connectivity index (χ4v) is 4.52. The number of hydrogen-bond donors (Lipinski definition) is 1. The Morgan fingerprint density at radius 3 is 2.45 bits per heavy atom. The van der Waals surface area contributed by atoms with E-state index in [1.54, 1.807) is 15.5 Å². The van der Waals surface area contributed by atoms with E-state index in [9.17, 15) is 14.7 Å². The largest absolute Gasteiger partial charge is 0.506 e. The topological polar surface area (TPSA) is 65.8 Å². The van der Waals surface area contributed by atoms with Gasteiger partial charge in [0.05, 0.1) is 5.52 Å². The van der Waals surface area contributed by atoms with Crippen LogP contribution in [0.15, 0.2) is 53.3 Å². The molecular formula is C23H23N3O3. The number of aromatic hydroxyl groups is 1. The monoisotopic (exact) mass is 389 g/mol. The predicted octanol–water partition coefficient (Wildman–Crippen LogP) is 2.22. The van der Waals surface area contributed by atoms with E-state index in [1.807, 2.05) is 30.3 Å². The number of carbonyl (C=O) groups excluding carboxylic acids is 1. The predicted molar refractivity (Wildman–Crippen MR) is 111 cm³/mol. The van der Waals surface area contributed by atoms with Crippen molar-refractivity contribution in [2.45, 2.75) is 19.5 Å². The molecule has 0 atom stereocenters. The zero-order valence-corrected chi connectivity index (χ0v) is 16.2. The number of aryl methyl sites for hydroxylation is 2. The van der Waals surface area contributed by atoms with Gasteiger partial charge in [0.25, 0.3) is 11.5 Å². The Hall–Kier alpha value is -3.12. The molecule has 0 saturated carbocycles. The highest BCUT2D eigenvalue weighted by Gasteiger charge is 2.30. The van der Waals surface area contributed by atoms with Gasteiger partial charge in [-0.2, -0.15) is 0 Å². The van der Waals surface area contributed by atoms with Crippen LogP contribution in [0.4, 0.5) is 0 Å². The van der Waals surface area contributed by atoms with Crippen LogP contribution in [0, 0.1) is 0 Å². The van der Waals surface area contributed by atoms with Crippen LogP contribution in [0.25, 0.3) is 10.9 Å². The summed E-state index contributed by atoms with van der Waals surface area (Å²) in [4.78, 5) is 30.2. The average Bonchev–Trinajstić information content (AvgIpc) is 3.19. The zero-order valence-electron chi connectivity index (χ0n) is 16.2. The molecular weight excluding hydrogens is 366 g/mol. The molecule has 1 fully saturated rings. The number of nitrogens with zero attached hydrogens (tertiary/aromatic N) is 3. The number of aromatic nitrogens is 1. The van der Waals surface area contributed by atoms with Crippen LogP contribution < -0.4 is 5.56 Å². The molecule has 3 heterocycles. The number of para-hydroxylation sites is 1. The molecule has 1 aromatic heterocycles. The van der Waals surface area contributed by atoms with Gasteiger partial charge in [0.1, 0.15) is 11.3 Å². The number of piperazine rings is 1. The van der Waals surface area contributed by atoms with Crippen molar-refractivity contribution in [3.05, 3.63) is 75.6 Å². The third-order valence-electron chi connectivity index (χ3n) is 6.07. The van der Waals surface area contributed by atoms with E-state index in [4.69, 9.17) is 0 Å². The lowest BCUT2D eigenvalue weighted by Gasteiger charge is -2.34. The second kappa shape index (κ2) is 7.04. The molecule has 3 aromatic rings. The summed E-state index contributed by atoms with van der Waals surface area (Å²) < 4.78 is 1.64. The standard InChI is InChI=1S/C23H23N3O3/c27-21-18-8-4-7-17-9-10-26(20(17)18)23(29)19(21)22(28)25-13-11-24(12-14-25)15-16-5-2-1-3-6-16/h1-8,27H,9-15H2. The van der Waals surface area contributed by atoms with Gasteiger partial charge in [-0.3, -0.25) is 14.5 Å². The number of carbonyl (C=O) groups is 1. The second-order valence-electron chi connectivity index (χ2n) is 7.80. The van der Waals surface area contributed by atoms with Crippen molar-refractivity contribution in [2.75, 3.05) is 26.2 Å². The summed E-state index contributed by atoms with van der Waals surface area (Å²) in [5, 5.41) is 11.4. The summed E-state index contributed by atoms with van der Waals surface area (Å²) >= 11 is 0. The Bertz CT molecular complexity index is 1150. The molecule has 6 heteroatoms. The van der Waals surface area contributed by atoms with Gasteiger partial charge in [-0.15, -0.1) is 0 Å². The van der Waals surface area contributed by atoms with Gasteiger partial charge in [-0.1, -0.05) is 42.5 Å². The molecule has 1 amide bonds. The summed E-state index contributed by atoms with van der Waals surface area (Å²) in [6, 6.07) is 15.9. The Morgan fingerprint density at radius 2 is 1.69 bits per heavy atom. The second-order valence-corrected chi connectivity index (χ2v) is 7.80. The Morgan fingerprint density at radius 1 is 0.931 bits per heavy atom. The molecule has 29 heavy (non-hydrogen) atoms. The van der Waals surface area contributed by atoms with E-state index < -0.39 is 0 Å². The summed E-state index contributed by atoms with van der Waals surface area (Å²) in [5.41, 5.74) is 2.59. The highest BCUT2D eigenvalue weighted by atomic mass is 16.3. The minimum atomic E-state index is -0.378. The SMILES string of the molecule is O=C(c1c(O)c2cccc3c2n(c1=O)CC3)N1CCN(Cc2ccccc2)CC1. The maximum absolute atomic E-state index is 13.2. The average molecular weight is 389 g/mol. The van der Waals surface area contributed by atoms with Crippen molar-refractivity contribution in [1.82, 2.24) is 14.4 Å². The molecule has 1 saturated heterocycles. The fourth-order valence-electron chi connectivity index (χ4n) is 4.52. The number of amides is 1. The lowest BCUT2D eigenvalue weighted by molar-refractivity contribution is 0.0623. The number of benzene rings is 2. The van der Waals surface area contributed by atoms with Crippen LogP contribution in [-0.2, 0) is 19.5 Å². The van der Waals surface area contributed by atoms with E-state index in [0.29, 0.717) is 25.0 Å². The molecule has 6 nitrogen and oxygen atoms in total. The molecule has 2 aromatic carbocycles. The molecule has 5 rings (SSSR count). The highest BCUT2D eigenvalue weighted by molar-refractivity contribution is 6.03. The van der Waals surface area contributed by atoms with Gasteiger partial charge in [0.15, 0.2) is 0 Å². The summed E-state index contributed by atoms with van der Waals surface area (Å²) in [5.74, 6) is -0.545. The molecule has 0 radical (unpaired) electrons. The number of rotatable bonds is 3. The molecule has 0 aliphatic carbocycles. The van der Waals surface area contributed by atoms with Crippen LogP contribution in [-0.4, -0.2) is 51.6 Å². The Balaban J connectivity index is 1.39. The third-order valence-corrected chi connectivity index (χ3v) is 6.07. The Labute approximate surface area is 168 Å². The molecule has 2 aliphatic heterocycles. The van der Waals surface area contributed by atoms with Crippen LogP contribution in [0.2, 0.25) is 0 Å². The van der Waals surface area contributed by atoms with Crippen LogP contribution in [0.1, 0.15) is 21.5 Å². The van der Waals surface area contributed by atoms with Crippen LogP contribution in [0.5, 0.6) is 5.75 Å². The van der Waals surface area contributed by atoms with Crippen LogP contribution in [0.3, 0.4) is 0 Å². The van der Waals surface area contributed by atoms with Gasteiger partial charge in [0, 0.05) is 44.7 Å². The molecule has 0 spiro atoms. The maximum Gasteiger partial charge on any atom is 0.267 e. The maximum atomic E-state index is 13.2. The first-order valence-electron chi connectivity index (χ1n) is 10.1. The third kappa shape index (κ3) is 3.00. The van der Waals surface area contributed by atoms with Gasteiger partial charge < -0.3 is 14.6 Å². The molecule has 1 N–H and O–H groups in total. The first-order valence-corrected chi connectivity index (χ1v) is 10.1. The van der Waals surface area contributed by atoms with Crippen LogP contribution >= 0.6 is 0 Å². The normalized spacial score (nSPS) is 16.5. The lowest BCUT2D eigenvalue weighted by atomic mass is 10.1. The molecule has 2 aliphatic rings. The van der Waals surface area contributed by atoms with Crippen molar-refractivity contribution < 1.29 is 9.90 Å². The number of pyridine rings is 1. The van der Waals surface area contributed by atoms with Gasteiger partial charge in [-0.25, -0.2) is 0 Å².